The van der Waals surface area contributed by atoms with Crippen LogP contribution in [-0.4, -0.2) is 31.8 Å². The second-order valence-electron chi connectivity index (χ2n) is 8.41. The fourth-order valence-electron chi connectivity index (χ4n) is 4.98. The van der Waals surface area contributed by atoms with Crippen LogP contribution in [0, 0.1) is 12.3 Å². The van der Waals surface area contributed by atoms with Gasteiger partial charge in [-0.2, -0.15) is 0 Å². The van der Waals surface area contributed by atoms with Gasteiger partial charge in [0, 0.05) is 12.1 Å². The molecule has 29 heavy (non-hydrogen) atoms. The molecule has 2 aliphatic carbocycles. The topological polar surface area (TPSA) is 63.7 Å². The molecular formula is C23H27NO4S. The maximum absolute atomic E-state index is 13.8. The van der Waals surface area contributed by atoms with Crippen LogP contribution in [0.15, 0.2) is 63.7 Å². The number of benzene rings is 1. The molecule has 0 saturated carbocycles. The standard InChI is InChI=1S/C23H27NO4S/c1-15-5-8-18(9-6-15)29(26,27)24-20-13-16(2)7-10-19(20)23(22(25)28-4)12-11-17(3)14-21(23)24/h5-9,11,21H,10,12-14H2,1-4H3. The first-order valence-electron chi connectivity index (χ1n) is 9.95. The smallest absolute Gasteiger partial charge is 0.318 e. The second-order valence-corrected chi connectivity index (χ2v) is 10.2. The number of aryl methyl sites for hydroxylation is 1. The summed E-state index contributed by atoms with van der Waals surface area (Å²) in [6.45, 7) is 5.94. The summed E-state index contributed by atoms with van der Waals surface area (Å²) in [5.74, 6) is -0.340. The lowest BCUT2D eigenvalue weighted by molar-refractivity contribution is -0.152. The first kappa shape index (κ1) is 20.0. The summed E-state index contributed by atoms with van der Waals surface area (Å²) in [4.78, 5) is 13.4. The number of rotatable bonds is 3. The first-order valence-corrected chi connectivity index (χ1v) is 11.4. The molecule has 6 heteroatoms. The number of sulfonamides is 1. The number of allylic oxidation sites excluding steroid dienone is 3. The van der Waals surface area contributed by atoms with Gasteiger partial charge in [-0.1, -0.05) is 41.0 Å². The molecule has 0 saturated heterocycles. The maximum Gasteiger partial charge on any atom is 0.318 e. The highest BCUT2D eigenvalue weighted by Gasteiger charge is 2.61. The lowest BCUT2D eigenvalue weighted by Crippen LogP contribution is -2.50. The minimum atomic E-state index is -3.81. The summed E-state index contributed by atoms with van der Waals surface area (Å²) in [5, 5.41) is 0. The predicted molar refractivity (Wildman–Crippen MR) is 111 cm³/mol. The van der Waals surface area contributed by atoms with Crippen molar-refractivity contribution in [2.24, 2.45) is 5.41 Å². The van der Waals surface area contributed by atoms with E-state index in [2.05, 4.69) is 12.2 Å². The summed E-state index contributed by atoms with van der Waals surface area (Å²) in [7, 11) is -2.42. The van der Waals surface area contributed by atoms with Gasteiger partial charge in [0.1, 0.15) is 5.41 Å². The van der Waals surface area contributed by atoms with Crippen LogP contribution < -0.4 is 0 Å². The molecule has 0 amide bonds. The van der Waals surface area contributed by atoms with Crippen LogP contribution in [0.3, 0.4) is 0 Å². The molecule has 1 aromatic carbocycles. The fourth-order valence-corrected chi connectivity index (χ4v) is 6.74. The highest BCUT2D eigenvalue weighted by Crippen LogP contribution is 2.57. The third kappa shape index (κ3) is 2.88. The zero-order valence-electron chi connectivity index (χ0n) is 17.4. The van der Waals surface area contributed by atoms with Crippen LogP contribution in [0.1, 0.15) is 45.1 Å². The van der Waals surface area contributed by atoms with E-state index < -0.39 is 21.5 Å². The monoisotopic (exact) mass is 413 g/mol. The third-order valence-electron chi connectivity index (χ3n) is 6.52. The summed E-state index contributed by atoms with van der Waals surface area (Å²) < 4.78 is 34.4. The van der Waals surface area contributed by atoms with Crippen molar-refractivity contribution in [1.82, 2.24) is 4.31 Å². The molecule has 0 fully saturated rings. The molecule has 0 radical (unpaired) electrons. The van der Waals surface area contributed by atoms with E-state index in [0.29, 0.717) is 25.7 Å². The van der Waals surface area contributed by atoms with Crippen molar-refractivity contribution in [2.75, 3.05) is 7.11 Å². The molecule has 3 aliphatic rings. The van der Waals surface area contributed by atoms with Gasteiger partial charge in [0.25, 0.3) is 10.0 Å². The molecule has 4 rings (SSSR count). The summed E-state index contributed by atoms with van der Waals surface area (Å²) in [5.41, 5.74) is 3.93. The largest absolute Gasteiger partial charge is 0.468 e. The van der Waals surface area contributed by atoms with Crippen LogP contribution in [0.4, 0.5) is 0 Å². The van der Waals surface area contributed by atoms with Gasteiger partial charge in [0.15, 0.2) is 0 Å². The Morgan fingerprint density at radius 1 is 1.10 bits per heavy atom. The lowest BCUT2D eigenvalue weighted by Gasteiger charge is -2.40. The zero-order chi connectivity index (χ0) is 21.0. The van der Waals surface area contributed by atoms with Crippen molar-refractivity contribution < 1.29 is 17.9 Å². The average Bonchev–Trinajstić information content (AvgIpc) is 2.97. The van der Waals surface area contributed by atoms with Gasteiger partial charge >= 0.3 is 5.97 Å². The van der Waals surface area contributed by atoms with Gasteiger partial charge in [0.2, 0.25) is 0 Å². The summed E-state index contributed by atoms with van der Waals surface area (Å²) >= 11 is 0. The van der Waals surface area contributed by atoms with Crippen LogP contribution in [0.5, 0.6) is 0 Å². The quantitative estimate of drug-likeness (QED) is 0.549. The first-order chi connectivity index (χ1) is 13.7. The van der Waals surface area contributed by atoms with Gasteiger partial charge in [-0.25, -0.2) is 8.42 Å². The number of nitrogens with zero attached hydrogens (tertiary/aromatic N) is 1. The fraction of sp³-hybridized carbons (Fsp3) is 0.435. The summed E-state index contributed by atoms with van der Waals surface area (Å²) in [6, 6.07) is 6.43. The van der Waals surface area contributed by atoms with Crippen LogP contribution in [-0.2, 0) is 19.6 Å². The average molecular weight is 414 g/mol. The molecule has 1 heterocycles. The minimum Gasteiger partial charge on any atom is -0.468 e. The van der Waals surface area contributed by atoms with E-state index in [4.69, 9.17) is 4.74 Å². The number of esters is 1. The van der Waals surface area contributed by atoms with Crippen molar-refractivity contribution >= 4 is 16.0 Å². The SMILES string of the molecule is COC(=O)C12CC=C(C)CC1N(S(=O)(=O)c1ccc(C)cc1)C1=C2CC=C(C)C1. The van der Waals surface area contributed by atoms with E-state index >= 15 is 0 Å². The van der Waals surface area contributed by atoms with Crippen molar-refractivity contribution in [3.05, 3.63) is 64.4 Å². The second kappa shape index (κ2) is 6.87. The van der Waals surface area contributed by atoms with Gasteiger partial charge in [-0.3, -0.25) is 9.10 Å². The van der Waals surface area contributed by atoms with E-state index in [1.807, 2.05) is 32.9 Å². The van der Waals surface area contributed by atoms with Crippen molar-refractivity contribution in [1.29, 1.82) is 0 Å². The number of hydrogen-bond acceptors (Lipinski definition) is 4. The zero-order valence-corrected chi connectivity index (χ0v) is 18.2. The van der Waals surface area contributed by atoms with Gasteiger partial charge in [-0.15, -0.1) is 0 Å². The van der Waals surface area contributed by atoms with Gasteiger partial charge in [0.05, 0.1) is 18.0 Å². The van der Waals surface area contributed by atoms with E-state index in [9.17, 15) is 13.2 Å². The Morgan fingerprint density at radius 2 is 1.79 bits per heavy atom. The van der Waals surface area contributed by atoms with Gasteiger partial charge in [-0.05, 0) is 57.7 Å². The highest BCUT2D eigenvalue weighted by molar-refractivity contribution is 7.89. The number of hydrogen-bond donors (Lipinski definition) is 0. The molecule has 2 atom stereocenters. The molecule has 5 nitrogen and oxygen atoms in total. The van der Waals surface area contributed by atoms with Crippen molar-refractivity contribution in [3.63, 3.8) is 0 Å². The normalized spacial score (nSPS) is 26.5. The number of fused-ring (bicyclic) bond motifs is 2. The van der Waals surface area contributed by atoms with Crippen LogP contribution >= 0.6 is 0 Å². The Kier molecular flexibility index (Phi) is 4.73. The molecule has 0 aromatic heterocycles. The number of ether oxygens (including phenoxy) is 1. The van der Waals surface area contributed by atoms with Crippen molar-refractivity contribution in [3.8, 4) is 0 Å². The summed E-state index contributed by atoms with van der Waals surface area (Å²) in [6.07, 6.45) is 6.28. The van der Waals surface area contributed by atoms with E-state index in [1.54, 1.807) is 16.4 Å². The number of carbonyl (C=O) groups is 1. The Bertz CT molecular complexity index is 1060. The molecular weight excluding hydrogens is 386 g/mol. The van der Waals surface area contributed by atoms with Crippen LogP contribution in [0.25, 0.3) is 0 Å². The Labute approximate surface area is 172 Å². The Balaban J connectivity index is 1.93. The molecule has 1 aliphatic heterocycles. The van der Waals surface area contributed by atoms with Crippen LogP contribution in [0.2, 0.25) is 0 Å². The molecule has 0 bridgehead atoms. The van der Waals surface area contributed by atoms with E-state index in [1.165, 1.54) is 7.11 Å². The molecule has 0 N–H and O–H groups in total. The molecule has 154 valence electrons. The van der Waals surface area contributed by atoms with E-state index in [0.717, 1.165) is 28.0 Å². The Hall–Kier alpha value is -2.34. The molecule has 2 unspecified atom stereocenters. The maximum atomic E-state index is 13.8. The van der Waals surface area contributed by atoms with Crippen molar-refractivity contribution in [2.45, 2.75) is 57.4 Å². The lowest BCUT2D eigenvalue weighted by atomic mass is 9.66. The minimum absolute atomic E-state index is 0.259. The predicted octanol–water partition coefficient (Wildman–Crippen LogP) is 4.26. The Morgan fingerprint density at radius 3 is 2.45 bits per heavy atom. The molecule has 1 aromatic rings. The highest BCUT2D eigenvalue weighted by atomic mass is 32.2. The van der Waals surface area contributed by atoms with E-state index in [-0.39, 0.29) is 10.9 Å². The number of carbonyl (C=O) groups excluding carboxylic acids is 1. The third-order valence-corrected chi connectivity index (χ3v) is 8.38. The van der Waals surface area contributed by atoms with Gasteiger partial charge < -0.3 is 4.74 Å². The molecule has 0 spiro atoms. The number of methoxy groups -OCH3 is 1.